The maximum absolute atomic E-state index is 13.4. The number of benzene rings is 3. The van der Waals surface area contributed by atoms with E-state index in [1.165, 1.54) is 12.1 Å². The summed E-state index contributed by atoms with van der Waals surface area (Å²) >= 11 is 6.70. The number of carbonyl (C=O) groups is 5. The molecule has 0 aromatic heterocycles. The molecule has 3 aromatic rings. The minimum absolute atomic E-state index is 0.0821. The van der Waals surface area contributed by atoms with E-state index < -0.39 is 35.8 Å². The number of aromatic hydroxyl groups is 1. The third kappa shape index (κ3) is 10.9. The van der Waals surface area contributed by atoms with E-state index in [0.29, 0.717) is 73.6 Å². The average Bonchev–Trinajstić information content (AvgIpc) is 3.85. The lowest BCUT2D eigenvalue weighted by Crippen LogP contribution is -2.53. The van der Waals surface area contributed by atoms with Crippen LogP contribution in [0.15, 0.2) is 54.6 Å². The fraction of sp³-hybridized carbons (Fsp3) is 0.457. The monoisotopic (exact) mass is 902 g/mol. The number of nitrogens with two attached hydrogens (primary N) is 1. The number of rotatable bonds is 20. The lowest BCUT2D eigenvalue weighted by molar-refractivity contribution is -0.139. The number of ether oxygens (including phenoxy) is 4. The molecule has 64 heavy (non-hydrogen) atoms. The summed E-state index contributed by atoms with van der Waals surface area (Å²) in [6.07, 6.45) is 3.38. The number of nitrogens with zero attached hydrogens (tertiary/aromatic N) is 4. The number of halogens is 1. The molecule has 3 aromatic carbocycles. The zero-order valence-electron chi connectivity index (χ0n) is 35.8. The molecular weight excluding hydrogens is 848 g/mol. The zero-order chi connectivity index (χ0) is 45.3. The maximum atomic E-state index is 13.4. The van der Waals surface area contributed by atoms with E-state index in [2.05, 4.69) is 15.1 Å². The van der Waals surface area contributed by atoms with Gasteiger partial charge in [0, 0.05) is 68.0 Å². The molecule has 3 saturated heterocycles. The van der Waals surface area contributed by atoms with Crippen LogP contribution in [0, 0.1) is 0 Å². The Kier molecular flexibility index (Phi) is 15.5. The van der Waals surface area contributed by atoms with E-state index in [-0.39, 0.29) is 60.4 Å². The van der Waals surface area contributed by atoms with Gasteiger partial charge in [0.15, 0.2) is 12.0 Å². The van der Waals surface area contributed by atoms with Gasteiger partial charge in [-0.15, -0.1) is 0 Å². The van der Waals surface area contributed by atoms with E-state index in [0.717, 1.165) is 49.7 Å². The third-order valence-electron chi connectivity index (χ3n) is 12.0. The number of hydrogen-bond donors (Lipinski definition) is 4. The van der Waals surface area contributed by atoms with Gasteiger partial charge < -0.3 is 39.8 Å². The van der Waals surface area contributed by atoms with Crippen LogP contribution in [0.5, 0.6) is 17.2 Å². The lowest BCUT2D eigenvalue weighted by atomic mass is 10.0. The number of allylic oxidation sites excluding steroid dienone is 1. The van der Waals surface area contributed by atoms with Crippen LogP contribution in [-0.4, -0.2) is 145 Å². The molecule has 5 N–H and O–H groups in total. The number of phenols is 1. The van der Waals surface area contributed by atoms with Crippen LogP contribution in [0.1, 0.15) is 76.2 Å². The normalized spacial score (nSPS) is 20.5. The lowest BCUT2D eigenvalue weighted by Gasteiger charge is -2.36. The Hall–Kier alpha value is -5.56. The van der Waals surface area contributed by atoms with Gasteiger partial charge in [-0.05, 0) is 80.8 Å². The predicted octanol–water partition coefficient (Wildman–Crippen LogP) is 3.28. The smallest absolute Gasteiger partial charge is 0.257 e. The van der Waals surface area contributed by atoms with Crippen molar-refractivity contribution in [3.8, 4) is 17.2 Å². The van der Waals surface area contributed by atoms with Crippen molar-refractivity contribution in [2.75, 3.05) is 83.8 Å². The summed E-state index contributed by atoms with van der Waals surface area (Å²) in [7, 11) is 0. The van der Waals surface area contributed by atoms with Gasteiger partial charge in [-0.2, -0.15) is 0 Å². The topological polar surface area (TPSA) is 214 Å². The second-order valence-electron chi connectivity index (χ2n) is 16.0. The highest BCUT2D eigenvalue weighted by molar-refractivity contribution is 6.32. The first kappa shape index (κ1) is 46.4. The molecule has 17 nitrogen and oxygen atoms in total. The molecule has 3 atom stereocenters. The van der Waals surface area contributed by atoms with Crippen molar-refractivity contribution in [1.29, 1.82) is 0 Å². The molecule has 4 aliphatic heterocycles. The summed E-state index contributed by atoms with van der Waals surface area (Å²) in [4.78, 5) is 70.1. The summed E-state index contributed by atoms with van der Waals surface area (Å²) in [6.45, 7) is 9.04. The van der Waals surface area contributed by atoms with E-state index in [1.54, 1.807) is 30.3 Å². The second kappa shape index (κ2) is 21.4. The van der Waals surface area contributed by atoms with Crippen molar-refractivity contribution < 1.29 is 53.1 Å². The van der Waals surface area contributed by atoms with Crippen molar-refractivity contribution >= 4 is 52.8 Å². The summed E-state index contributed by atoms with van der Waals surface area (Å²) in [6, 6.07) is 12.3. The fourth-order valence-electron chi connectivity index (χ4n) is 8.61. The number of primary amides is 1. The molecule has 4 aliphatic rings. The zero-order valence-corrected chi connectivity index (χ0v) is 36.6. The number of phenolic OH excluding ortho intramolecular Hbond substituents is 1. The Labute approximate surface area is 376 Å². The Bertz CT molecular complexity index is 2250. The van der Waals surface area contributed by atoms with Gasteiger partial charge in [-0.1, -0.05) is 23.7 Å². The molecule has 0 bridgehead atoms. The second-order valence-corrected chi connectivity index (χ2v) is 16.4. The first-order valence-electron chi connectivity index (χ1n) is 21.7. The minimum Gasteiger partial charge on any atom is -0.507 e. The number of likely N-dealkylation sites (tertiary alicyclic amines) is 1. The number of nitrogens with one attached hydrogen (secondary N) is 1. The Balaban J connectivity index is 0.800. The highest BCUT2D eigenvalue weighted by Gasteiger charge is 2.45. The molecule has 342 valence electrons. The van der Waals surface area contributed by atoms with Gasteiger partial charge in [0.1, 0.15) is 29.9 Å². The third-order valence-corrected chi connectivity index (χ3v) is 12.3. The van der Waals surface area contributed by atoms with Crippen LogP contribution in [0.4, 0.5) is 5.69 Å². The van der Waals surface area contributed by atoms with E-state index in [1.807, 2.05) is 30.0 Å². The summed E-state index contributed by atoms with van der Waals surface area (Å²) in [5.74, 6) is -1.71. The van der Waals surface area contributed by atoms with Crippen LogP contribution in [0.2, 0.25) is 5.02 Å². The van der Waals surface area contributed by atoms with Crippen LogP contribution < -0.4 is 25.4 Å². The highest BCUT2D eigenvalue weighted by atomic mass is 35.5. The van der Waals surface area contributed by atoms with Gasteiger partial charge in [-0.3, -0.25) is 44.0 Å². The number of fused-ring (bicyclic) bond motifs is 1. The number of hydrogen-bond acceptors (Lipinski definition) is 14. The molecule has 0 aliphatic carbocycles. The first-order valence-corrected chi connectivity index (χ1v) is 22.1. The molecule has 2 unspecified atom stereocenters. The van der Waals surface area contributed by atoms with Gasteiger partial charge in [0.25, 0.3) is 5.91 Å². The SMILES string of the molecule is CCOc1cc(O)c(C(=O)/C=C/c2ccc(N3CCN(CCOCCOCCOc4cccc5c4C(O)N(C4CCC(=O)NC4=O)C5=O)CC3)cc2Cl)cc1CN1CCC[C@H]1C(N)=O. The summed E-state index contributed by atoms with van der Waals surface area (Å²) < 4.78 is 23.1. The number of carbonyl (C=O) groups excluding carboxylic acids is 5. The van der Waals surface area contributed by atoms with E-state index in [9.17, 15) is 34.2 Å². The number of piperazine rings is 1. The number of imide groups is 1. The minimum atomic E-state index is -1.38. The van der Waals surface area contributed by atoms with Gasteiger partial charge >= 0.3 is 0 Å². The Morgan fingerprint density at radius 3 is 2.42 bits per heavy atom. The molecular formula is C46H55ClN6O11. The van der Waals surface area contributed by atoms with Crippen molar-refractivity contribution in [1.82, 2.24) is 20.0 Å². The quantitative estimate of drug-likeness (QED) is 0.0555. The van der Waals surface area contributed by atoms with E-state index in [4.69, 9.17) is 36.3 Å². The number of amides is 4. The van der Waals surface area contributed by atoms with Crippen LogP contribution in [-0.2, 0) is 30.4 Å². The number of aliphatic hydroxyl groups excluding tert-OH is 1. The number of ketones is 1. The molecule has 4 amide bonds. The van der Waals surface area contributed by atoms with Crippen LogP contribution in [0.25, 0.3) is 6.08 Å². The molecule has 0 radical (unpaired) electrons. The largest absolute Gasteiger partial charge is 0.507 e. The molecule has 0 saturated carbocycles. The Morgan fingerprint density at radius 2 is 1.69 bits per heavy atom. The summed E-state index contributed by atoms with van der Waals surface area (Å²) in [5, 5.41) is 24.5. The number of piperidine rings is 1. The van der Waals surface area contributed by atoms with Crippen molar-refractivity contribution in [3.05, 3.63) is 87.4 Å². The average molecular weight is 903 g/mol. The fourth-order valence-corrected chi connectivity index (χ4v) is 8.85. The predicted molar refractivity (Wildman–Crippen MR) is 236 cm³/mol. The van der Waals surface area contributed by atoms with Crippen molar-refractivity contribution in [3.63, 3.8) is 0 Å². The van der Waals surface area contributed by atoms with Gasteiger partial charge in [0.2, 0.25) is 17.7 Å². The molecule has 3 fully saturated rings. The van der Waals surface area contributed by atoms with Crippen molar-refractivity contribution in [2.45, 2.75) is 57.5 Å². The number of anilines is 1. The van der Waals surface area contributed by atoms with Gasteiger partial charge in [-0.25, -0.2) is 0 Å². The molecule has 4 heterocycles. The highest BCUT2D eigenvalue weighted by Crippen LogP contribution is 2.40. The standard InChI is InChI=1S/C46H55ClN6O11/c1-2-63-40-27-38(55)33(25-30(40)28-52-14-4-6-35(52)43(48)57)37(54)12-9-29-8-10-31(26-34(29)47)51-17-15-50(16-18-51)19-20-61-21-22-62-23-24-64-39-7-3-5-32-42(39)46(60)53(45(32)59)36-11-13-41(56)49-44(36)58/h3,5,7-10,12,25-27,35-36,46,55,60H,2,4,6,11,13-24,28H2,1H3,(H2,48,57)(H,49,56,58)/b12-9+/t35-,36?,46?/m0/s1. The summed E-state index contributed by atoms with van der Waals surface area (Å²) in [5.41, 5.74) is 8.61. The molecule has 0 spiro atoms. The Morgan fingerprint density at radius 1 is 0.922 bits per heavy atom. The molecule has 7 rings (SSSR count). The van der Waals surface area contributed by atoms with Crippen LogP contribution in [0.3, 0.4) is 0 Å². The van der Waals surface area contributed by atoms with Crippen LogP contribution >= 0.6 is 11.6 Å². The number of aliphatic hydroxyl groups is 1. The van der Waals surface area contributed by atoms with Crippen molar-refractivity contribution in [2.24, 2.45) is 5.73 Å². The molecule has 18 heteroatoms. The first-order chi connectivity index (χ1) is 30.9. The van der Waals surface area contributed by atoms with E-state index >= 15 is 0 Å². The maximum Gasteiger partial charge on any atom is 0.257 e. The van der Waals surface area contributed by atoms with Gasteiger partial charge in [0.05, 0.1) is 55.8 Å².